The highest BCUT2D eigenvalue weighted by Crippen LogP contribution is 2.30. The lowest BCUT2D eigenvalue weighted by Gasteiger charge is -2.25. The second kappa shape index (κ2) is 12.3. The van der Waals surface area contributed by atoms with E-state index in [2.05, 4.69) is 40.6 Å². The van der Waals surface area contributed by atoms with E-state index in [-0.39, 0.29) is 11.9 Å². The van der Waals surface area contributed by atoms with Crippen LogP contribution in [0.3, 0.4) is 0 Å². The summed E-state index contributed by atoms with van der Waals surface area (Å²) in [5, 5.41) is 13.1. The molecular weight excluding hydrogens is 478 g/mol. The highest BCUT2D eigenvalue weighted by molar-refractivity contribution is 7.17. The van der Waals surface area contributed by atoms with Crippen LogP contribution in [0.2, 0.25) is 0 Å². The standard InChI is InChI=1S/C31H33N3O2S/c35-26-14-12-23(13-15-26)20-24-9-4-10-25(21-24)33-31-32-19-18-27(34-31)29-16-17-30(37-29)28(36)11-5-8-22-6-2-1-3-7-22/h1-4,6-7,9-10,16-19,21,23,26,35H,5,8,11-15,20H2,(H,32,33,34). The highest BCUT2D eigenvalue weighted by Gasteiger charge is 2.19. The van der Waals surface area contributed by atoms with E-state index in [4.69, 9.17) is 4.98 Å². The molecule has 2 aromatic heterocycles. The van der Waals surface area contributed by atoms with Crippen molar-refractivity contribution in [2.45, 2.75) is 57.5 Å². The highest BCUT2D eigenvalue weighted by atomic mass is 32.1. The number of carbonyl (C=O) groups excluding carboxylic acids is 1. The lowest BCUT2D eigenvalue weighted by atomic mass is 9.83. The number of aryl methyl sites for hydroxylation is 1. The molecule has 0 spiro atoms. The maximum absolute atomic E-state index is 12.7. The van der Waals surface area contributed by atoms with E-state index < -0.39 is 0 Å². The van der Waals surface area contributed by atoms with Crippen molar-refractivity contribution in [3.05, 3.63) is 95.0 Å². The fourth-order valence-corrected chi connectivity index (χ4v) is 5.93. The summed E-state index contributed by atoms with van der Waals surface area (Å²) in [6.07, 6.45) is 8.96. The van der Waals surface area contributed by atoms with Crippen LogP contribution in [0, 0.1) is 5.92 Å². The van der Waals surface area contributed by atoms with Gasteiger partial charge in [0.05, 0.1) is 21.6 Å². The Labute approximate surface area is 222 Å². The minimum atomic E-state index is -0.120. The zero-order chi connectivity index (χ0) is 25.5. The number of Topliss-reactive ketones (excluding diaryl/α,β-unsaturated/α-hetero) is 1. The van der Waals surface area contributed by atoms with Crippen molar-refractivity contribution < 1.29 is 9.90 Å². The van der Waals surface area contributed by atoms with Crippen molar-refractivity contribution in [2.24, 2.45) is 5.92 Å². The summed E-state index contributed by atoms with van der Waals surface area (Å²) in [6, 6.07) is 24.5. The topological polar surface area (TPSA) is 75.1 Å². The molecule has 5 nitrogen and oxygen atoms in total. The van der Waals surface area contributed by atoms with Gasteiger partial charge in [-0.1, -0.05) is 42.5 Å². The molecule has 4 aromatic rings. The number of nitrogens with zero attached hydrogens (tertiary/aromatic N) is 2. The van der Waals surface area contributed by atoms with E-state index in [0.717, 1.165) is 66.1 Å². The molecule has 2 heterocycles. The molecule has 1 aliphatic carbocycles. The molecule has 2 N–H and O–H groups in total. The van der Waals surface area contributed by atoms with Crippen LogP contribution in [-0.2, 0) is 12.8 Å². The Morgan fingerprint density at radius 3 is 2.59 bits per heavy atom. The number of ketones is 1. The third-order valence-electron chi connectivity index (χ3n) is 7.02. The van der Waals surface area contributed by atoms with E-state index in [0.29, 0.717) is 18.3 Å². The molecule has 0 amide bonds. The van der Waals surface area contributed by atoms with Gasteiger partial charge in [-0.3, -0.25) is 4.79 Å². The van der Waals surface area contributed by atoms with Crippen LogP contribution in [0.5, 0.6) is 0 Å². The van der Waals surface area contributed by atoms with Crippen molar-refractivity contribution in [3.63, 3.8) is 0 Å². The monoisotopic (exact) mass is 511 g/mol. The van der Waals surface area contributed by atoms with E-state index in [1.54, 1.807) is 6.20 Å². The average molecular weight is 512 g/mol. The Morgan fingerprint density at radius 1 is 0.946 bits per heavy atom. The third kappa shape index (κ3) is 7.12. The van der Waals surface area contributed by atoms with Gasteiger partial charge in [-0.25, -0.2) is 9.97 Å². The van der Waals surface area contributed by atoms with E-state index in [9.17, 15) is 9.90 Å². The predicted octanol–water partition coefficient (Wildman–Crippen LogP) is 7.25. The van der Waals surface area contributed by atoms with E-state index >= 15 is 0 Å². The van der Waals surface area contributed by atoms with Crippen LogP contribution in [0.15, 0.2) is 79.0 Å². The zero-order valence-corrected chi connectivity index (χ0v) is 21.8. The molecule has 0 aliphatic heterocycles. The molecule has 5 rings (SSSR count). The van der Waals surface area contributed by atoms with E-state index in [1.807, 2.05) is 42.5 Å². The van der Waals surface area contributed by atoms with Gasteiger partial charge in [-0.2, -0.15) is 0 Å². The number of benzene rings is 2. The molecule has 190 valence electrons. The number of rotatable bonds is 10. The number of hydrogen-bond acceptors (Lipinski definition) is 6. The number of aliphatic hydroxyl groups excluding tert-OH is 1. The van der Waals surface area contributed by atoms with Crippen molar-refractivity contribution in [2.75, 3.05) is 5.32 Å². The van der Waals surface area contributed by atoms with Crippen LogP contribution < -0.4 is 5.32 Å². The van der Waals surface area contributed by atoms with Crippen LogP contribution in [-0.4, -0.2) is 27.0 Å². The maximum Gasteiger partial charge on any atom is 0.227 e. The summed E-state index contributed by atoms with van der Waals surface area (Å²) in [4.78, 5) is 23.6. The first kappa shape index (κ1) is 25.3. The average Bonchev–Trinajstić information content (AvgIpc) is 3.42. The first-order valence-corrected chi connectivity index (χ1v) is 14.0. The number of aromatic nitrogens is 2. The molecule has 2 aromatic carbocycles. The van der Waals surface area contributed by atoms with Gasteiger partial charge in [-0.15, -0.1) is 11.3 Å². The molecule has 0 unspecified atom stereocenters. The zero-order valence-electron chi connectivity index (χ0n) is 21.0. The summed E-state index contributed by atoms with van der Waals surface area (Å²) >= 11 is 1.49. The fourth-order valence-electron chi connectivity index (χ4n) is 4.99. The Kier molecular flexibility index (Phi) is 8.39. The van der Waals surface area contributed by atoms with Crippen molar-refractivity contribution in [1.82, 2.24) is 9.97 Å². The first-order chi connectivity index (χ1) is 18.1. The quantitative estimate of drug-likeness (QED) is 0.219. The van der Waals surface area contributed by atoms with Gasteiger partial charge in [0.2, 0.25) is 5.95 Å². The Bertz CT molecular complexity index is 1310. The fraction of sp³-hybridized carbons (Fsp3) is 0.323. The molecule has 0 bridgehead atoms. The van der Waals surface area contributed by atoms with Gasteiger partial charge in [0.15, 0.2) is 5.78 Å². The molecule has 37 heavy (non-hydrogen) atoms. The molecule has 0 atom stereocenters. The minimum absolute atomic E-state index is 0.120. The van der Waals surface area contributed by atoms with Crippen molar-refractivity contribution >= 4 is 28.8 Å². The van der Waals surface area contributed by atoms with Gasteiger partial charge < -0.3 is 10.4 Å². The number of hydrogen-bond donors (Lipinski definition) is 2. The van der Waals surface area contributed by atoms with Gasteiger partial charge in [-0.05, 0) is 92.3 Å². The summed E-state index contributed by atoms with van der Waals surface area (Å²) in [5.74, 6) is 1.36. The van der Waals surface area contributed by atoms with Gasteiger partial charge in [0, 0.05) is 18.3 Å². The number of nitrogens with one attached hydrogen (secondary N) is 1. The van der Waals surface area contributed by atoms with E-state index in [1.165, 1.54) is 22.5 Å². The summed E-state index contributed by atoms with van der Waals surface area (Å²) in [6.45, 7) is 0. The second-order valence-corrected chi connectivity index (χ2v) is 11.0. The molecule has 6 heteroatoms. The number of anilines is 2. The predicted molar refractivity (Wildman–Crippen MR) is 150 cm³/mol. The second-order valence-electron chi connectivity index (χ2n) is 9.90. The summed E-state index contributed by atoms with van der Waals surface area (Å²) in [7, 11) is 0. The third-order valence-corrected chi connectivity index (χ3v) is 8.17. The van der Waals surface area contributed by atoms with Gasteiger partial charge >= 0.3 is 0 Å². The summed E-state index contributed by atoms with van der Waals surface area (Å²) < 4.78 is 0. The largest absolute Gasteiger partial charge is 0.393 e. The Morgan fingerprint density at radius 2 is 1.76 bits per heavy atom. The molecule has 1 aliphatic rings. The SMILES string of the molecule is O=C(CCCc1ccccc1)c1ccc(-c2ccnc(Nc3cccc(CC4CCC(O)CC4)c3)n2)s1. The molecule has 0 radical (unpaired) electrons. The molecule has 0 saturated heterocycles. The molecule has 1 fully saturated rings. The number of aliphatic hydroxyl groups is 1. The Hall–Kier alpha value is -3.35. The Balaban J connectivity index is 1.19. The number of thiophene rings is 1. The van der Waals surface area contributed by atoms with Crippen LogP contribution in [0.1, 0.15) is 59.3 Å². The van der Waals surface area contributed by atoms with Crippen molar-refractivity contribution in [1.29, 1.82) is 0 Å². The lowest BCUT2D eigenvalue weighted by molar-refractivity contribution is 0.0984. The van der Waals surface area contributed by atoms with Crippen LogP contribution >= 0.6 is 11.3 Å². The smallest absolute Gasteiger partial charge is 0.227 e. The molecule has 1 saturated carbocycles. The van der Waals surface area contributed by atoms with Gasteiger partial charge in [0.1, 0.15) is 0 Å². The molecular formula is C31H33N3O2S. The maximum atomic E-state index is 12.7. The van der Waals surface area contributed by atoms with Crippen molar-refractivity contribution in [3.8, 4) is 10.6 Å². The normalized spacial score (nSPS) is 17.4. The summed E-state index contributed by atoms with van der Waals surface area (Å²) in [5.41, 5.74) is 4.33. The van der Waals surface area contributed by atoms with Crippen LogP contribution in [0.4, 0.5) is 11.6 Å². The number of carbonyl (C=O) groups is 1. The first-order valence-electron chi connectivity index (χ1n) is 13.2. The lowest BCUT2D eigenvalue weighted by Crippen LogP contribution is -2.19. The van der Waals surface area contributed by atoms with Gasteiger partial charge in [0.25, 0.3) is 0 Å². The van der Waals surface area contributed by atoms with Crippen LogP contribution in [0.25, 0.3) is 10.6 Å². The minimum Gasteiger partial charge on any atom is -0.393 e.